The van der Waals surface area contributed by atoms with Crippen LogP contribution in [0.5, 0.6) is 0 Å². The Bertz CT molecular complexity index is 532. The Morgan fingerprint density at radius 2 is 2.29 bits per heavy atom. The van der Waals surface area contributed by atoms with Crippen molar-refractivity contribution in [2.75, 3.05) is 52.1 Å². The first-order chi connectivity index (χ1) is 11.5. The molecule has 1 aromatic carbocycles. The molecular weight excluding hydrogens is 348 g/mol. The summed E-state index contributed by atoms with van der Waals surface area (Å²) in [7, 11) is 1.82. The summed E-state index contributed by atoms with van der Waals surface area (Å²) in [5.41, 5.74) is 0. The number of carboxylic acids is 1. The third-order valence-corrected chi connectivity index (χ3v) is 5.46. The van der Waals surface area contributed by atoms with Crippen LogP contribution in [0.4, 0.5) is 0 Å². The number of aliphatic carboxylic acids is 1. The number of hydrogen-bond acceptors (Lipinski definition) is 5. The van der Waals surface area contributed by atoms with E-state index in [1.165, 1.54) is 0 Å². The summed E-state index contributed by atoms with van der Waals surface area (Å²) < 4.78 is 5.75. The fourth-order valence-corrected chi connectivity index (χ4v) is 3.94. The van der Waals surface area contributed by atoms with Crippen LogP contribution in [-0.4, -0.2) is 79.1 Å². The predicted molar refractivity (Wildman–Crippen MR) is 98.1 cm³/mol. The minimum absolute atomic E-state index is 0.0499. The van der Waals surface area contributed by atoms with E-state index < -0.39 is 5.97 Å². The first-order valence-electron chi connectivity index (χ1n) is 8.16. The summed E-state index contributed by atoms with van der Waals surface area (Å²) in [5.74, 6) is 0.228. The normalized spacial score (nSPS) is 18.9. The standard InChI is InChI=1S/C17H25ClN2O3S/c1-19(13-17(21)22)11-14-12-20(8-9-23-14)7-4-10-24-16-6-3-2-5-15(16)18/h2-3,5-6,14H,4,7-13H2,1H3,(H,21,22). The van der Waals surface area contributed by atoms with Crippen molar-refractivity contribution in [1.82, 2.24) is 9.80 Å². The number of carbonyl (C=O) groups is 1. The summed E-state index contributed by atoms with van der Waals surface area (Å²) in [6.07, 6.45) is 1.17. The van der Waals surface area contributed by atoms with Crippen LogP contribution < -0.4 is 0 Å². The van der Waals surface area contributed by atoms with Crippen LogP contribution in [0.3, 0.4) is 0 Å². The maximum atomic E-state index is 10.7. The highest BCUT2D eigenvalue weighted by Gasteiger charge is 2.22. The van der Waals surface area contributed by atoms with Gasteiger partial charge in [0, 0.05) is 24.5 Å². The highest BCUT2D eigenvalue weighted by Crippen LogP contribution is 2.27. The van der Waals surface area contributed by atoms with Crippen molar-refractivity contribution in [3.8, 4) is 0 Å². The van der Waals surface area contributed by atoms with Gasteiger partial charge in [0.15, 0.2) is 0 Å². The zero-order valence-corrected chi connectivity index (χ0v) is 15.6. The number of nitrogens with zero attached hydrogens (tertiary/aromatic N) is 2. The molecule has 1 atom stereocenters. The van der Waals surface area contributed by atoms with Gasteiger partial charge in [0.1, 0.15) is 0 Å². The first kappa shape index (κ1) is 19.5. The van der Waals surface area contributed by atoms with Crippen molar-refractivity contribution in [1.29, 1.82) is 0 Å². The van der Waals surface area contributed by atoms with Gasteiger partial charge in [-0.25, -0.2) is 0 Å². The molecule has 0 amide bonds. The lowest BCUT2D eigenvalue weighted by atomic mass is 10.2. The van der Waals surface area contributed by atoms with Crippen molar-refractivity contribution < 1.29 is 14.6 Å². The van der Waals surface area contributed by atoms with Crippen molar-refractivity contribution in [2.24, 2.45) is 0 Å². The summed E-state index contributed by atoms with van der Waals surface area (Å²) in [6.45, 7) is 4.24. The van der Waals surface area contributed by atoms with Crippen LogP contribution in [-0.2, 0) is 9.53 Å². The fraction of sp³-hybridized carbons (Fsp3) is 0.588. The highest BCUT2D eigenvalue weighted by molar-refractivity contribution is 7.99. The van der Waals surface area contributed by atoms with Crippen molar-refractivity contribution >= 4 is 29.3 Å². The molecule has 2 rings (SSSR count). The molecule has 5 nitrogen and oxygen atoms in total. The molecule has 1 saturated heterocycles. The number of carboxylic acid groups (broad SMARTS) is 1. The molecule has 0 radical (unpaired) electrons. The van der Waals surface area contributed by atoms with E-state index in [0.29, 0.717) is 13.2 Å². The summed E-state index contributed by atoms with van der Waals surface area (Å²) in [6, 6.07) is 7.93. The molecular formula is C17H25ClN2O3S. The number of halogens is 1. The van der Waals surface area contributed by atoms with Crippen LogP contribution in [0.15, 0.2) is 29.2 Å². The molecule has 1 aliphatic rings. The molecule has 24 heavy (non-hydrogen) atoms. The molecule has 1 aromatic rings. The number of rotatable bonds is 9. The molecule has 1 unspecified atom stereocenters. The van der Waals surface area contributed by atoms with Gasteiger partial charge >= 0.3 is 5.97 Å². The van der Waals surface area contributed by atoms with Crippen LogP contribution in [0.1, 0.15) is 6.42 Å². The SMILES string of the molecule is CN(CC(=O)O)CC1CN(CCCSc2ccccc2Cl)CCO1. The maximum absolute atomic E-state index is 10.7. The average Bonchev–Trinajstić information content (AvgIpc) is 2.52. The third-order valence-electron chi connectivity index (χ3n) is 3.86. The van der Waals surface area contributed by atoms with Gasteiger partial charge in [-0.05, 0) is 37.9 Å². The number of morpholine rings is 1. The molecule has 134 valence electrons. The van der Waals surface area contributed by atoms with Gasteiger partial charge < -0.3 is 9.84 Å². The fourth-order valence-electron chi connectivity index (χ4n) is 2.77. The van der Waals surface area contributed by atoms with Gasteiger partial charge in [0.25, 0.3) is 0 Å². The highest BCUT2D eigenvalue weighted by atomic mass is 35.5. The van der Waals surface area contributed by atoms with E-state index in [2.05, 4.69) is 11.0 Å². The zero-order chi connectivity index (χ0) is 17.4. The van der Waals surface area contributed by atoms with E-state index in [0.717, 1.165) is 41.7 Å². The third kappa shape index (κ3) is 6.99. The topological polar surface area (TPSA) is 53.0 Å². The van der Waals surface area contributed by atoms with E-state index in [-0.39, 0.29) is 12.6 Å². The molecule has 1 heterocycles. The quantitative estimate of drug-likeness (QED) is 0.531. The van der Waals surface area contributed by atoms with E-state index in [1.807, 2.05) is 25.2 Å². The van der Waals surface area contributed by atoms with Gasteiger partial charge in [0.2, 0.25) is 0 Å². The van der Waals surface area contributed by atoms with Gasteiger partial charge in [-0.1, -0.05) is 23.7 Å². The Labute approximate surface area is 152 Å². The Hall–Kier alpha value is -0.790. The molecule has 7 heteroatoms. The second-order valence-corrected chi connectivity index (χ2v) is 7.56. The lowest BCUT2D eigenvalue weighted by Crippen LogP contribution is -2.47. The molecule has 1 N–H and O–H groups in total. The Morgan fingerprint density at radius 3 is 3.04 bits per heavy atom. The smallest absolute Gasteiger partial charge is 0.317 e. The molecule has 1 fully saturated rings. The second kappa shape index (κ2) is 10.3. The zero-order valence-electron chi connectivity index (χ0n) is 14.0. The monoisotopic (exact) mass is 372 g/mol. The number of likely N-dealkylation sites (N-methyl/N-ethyl adjacent to an activating group) is 1. The Morgan fingerprint density at radius 1 is 1.50 bits per heavy atom. The minimum atomic E-state index is -0.804. The predicted octanol–water partition coefficient (Wildman–Crippen LogP) is 2.54. The number of ether oxygens (including phenoxy) is 1. The Balaban J connectivity index is 1.66. The van der Waals surface area contributed by atoms with Crippen molar-refractivity contribution in [2.45, 2.75) is 17.4 Å². The largest absolute Gasteiger partial charge is 0.480 e. The molecule has 0 bridgehead atoms. The lowest BCUT2D eigenvalue weighted by Gasteiger charge is -2.34. The van der Waals surface area contributed by atoms with E-state index in [9.17, 15) is 4.79 Å². The maximum Gasteiger partial charge on any atom is 0.317 e. The molecule has 0 spiro atoms. The van der Waals surface area contributed by atoms with E-state index in [1.54, 1.807) is 16.7 Å². The van der Waals surface area contributed by atoms with Crippen molar-refractivity contribution in [3.63, 3.8) is 0 Å². The summed E-state index contributed by atoms with van der Waals surface area (Å²) in [5, 5.41) is 9.63. The molecule has 1 aliphatic heterocycles. The average molecular weight is 373 g/mol. The second-order valence-electron chi connectivity index (χ2n) is 6.02. The summed E-state index contributed by atoms with van der Waals surface area (Å²) in [4.78, 5) is 16.1. The van der Waals surface area contributed by atoms with Crippen molar-refractivity contribution in [3.05, 3.63) is 29.3 Å². The number of thioether (sulfide) groups is 1. The van der Waals surface area contributed by atoms with Crippen LogP contribution in [0.2, 0.25) is 5.02 Å². The minimum Gasteiger partial charge on any atom is -0.480 e. The van der Waals surface area contributed by atoms with Crippen LogP contribution in [0, 0.1) is 0 Å². The van der Waals surface area contributed by atoms with E-state index >= 15 is 0 Å². The molecule has 0 aromatic heterocycles. The first-order valence-corrected chi connectivity index (χ1v) is 9.52. The van der Waals surface area contributed by atoms with E-state index in [4.69, 9.17) is 21.4 Å². The lowest BCUT2D eigenvalue weighted by molar-refractivity contribution is -0.138. The molecule has 0 aliphatic carbocycles. The summed E-state index contributed by atoms with van der Waals surface area (Å²) >= 11 is 7.95. The Kier molecular flexibility index (Phi) is 8.35. The molecule has 0 saturated carbocycles. The van der Waals surface area contributed by atoms with Gasteiger partial charge in [-0.2, -0.15) is 0 Å². The number of hydrogen-bond donors (Lipinski definition) is 1. The van der Waals surface area contributed by atoms with Gasteiger partial charge in [-0.3, -0.25) is 14.6 Å². The van der Waals surface area contributed by atoms with Gasteiger partial charge in [0.05, 0.1) is 24.3 Å². The van der Waals surface area contributed by atoms with Crippen LogP contribution in [0.25, 0.3) is 0 Å². The van der Waals surface area contributed by atoms with Crippen LogP contribution >= 0.6 is 23.4 Å². The van der Waals surface area contributed by atoms with Gasteiger partial charge in [-0.15, -0.1) is 11.8 Å². The number of benzene rings is 1.